The Labute approximate surface area is 121 Å². The van der Waals surface area contributed by atoms with Crippen molar-refractivity contribution in [1.82, 2.24) is 0 Å². The maximum Gasteiger partial charge on any atom is 0.184 e. The van der Waals surface area contributed by atoms with Crippen LogP contribution in [-0.4, -0.2) is 64.3 Å². The van der Waals surface area contributed by atoms with Crippen LogP contribution in [0.5, 0.6) is 0 Å². The topological polar surface area (TPSA) is 99.4 Å². The minimum atomic E-state index is -1.51. The van der Waals surface area contributed by atoms with Gasteiger partial charge in [-0.2, -0.15) is 0 Å². The van der Waals surface area contributed by atoms with E-state index in [4.69, 9.17) is 10.8 Å². The number of hydrogen-bond donors (Lipinski definition) is 4. The average Bonchev–Trinajstić information content (AvgIpc) is 2.48. The van der Waals surface area contributed by atoms with Crippen LogP contribution in [0.25, 0.3) is 0 Å². The van der Waals surface area contributed by atoms with Crippen molar-refractivity contribution in [3.63, 3.8) is 0 Å². The number of ether oxygens (including phenoxy) is 2. The molecule has 0 aliphatic carbocycles. The molecule has 0 saturated carbocycles. The molecule has 1 aliphatic heterocycles. The molecule has 0 spiro atoms. The van der Waals surface area contributed by atoms with Gasteiger partial charge in [-0.25, -0.2) is 0 Å². The van der Waals surface area contributed by atoms with Crippen LogP contribution >= 0.6 is 0 Å². The summed E-state index contributed by atoms with van der Waals surface area (Å²) in [5.41, 5.74) is 0. The van der Waals surface area contributed by atoms with E-state index < -0.39 is 30.7 Å². The molecule has 4 N–H and O–H groups in total. The van der Waals surface area contributed by atoms with Crippen molar-refractivity contribution in [2.75, 3.05) is 13.2 Å². The Morgan fingerprint density at radius 3 is 2.40 bits per heavy atom. The fraction of sp³-hybridized carbons (Fsp3) is 1.00. The van der Waals surface area contributed by atoms with Gasteiger partial charge < -0.3 is 29.9 Å². The standard InChI is InChI=1S/C14H28O6/c1-2-3-4-5-6-7-8-19-9-10-11(15)12(16)13(17)14(18)20-10/h10-18H,2-9H2,1H3/t10-,11+,12+,13-,14?/m1/s1/i1D. The Morgan fingerprint density at radius 1 is 0.950 bits per heavy atom. The van der Waals surface area contributed by atoms with E-state index in [9.17, 15) is 20.4 Å². The molecule has 1 heterocycles. The third kappa shape index (κ3) is 5.63. The maximum atomic E-state index is 9.71. The van der Waals surface area contributed by atoms with Gasteiger partial charge in [0.15, 0.2) is 6.29 Å². The lowest BCUT2D eigenvalue weighted by molar-refractivity contribution is -0.288. The van der Waals surface area contributed by atoms with Gasteiger partial charge in [0, 0.05) is 7.98 Å². The molecule has 120 valence electrons. The first kappa shape index (κ1) is 16.1. The number of hydrogen-bond acceptors (Lipinski definition) is 6. The van der Waals surface area contributed by atoms with Crippen LogP contribution in [0.15, 0.2) is 0 Å². The lowest BCUT2D eigenvalue weighted by Gasteiger charge is -2.38. The summed E-state index contributed by atoms with van der Waals surface area (Å²) < 4.78 is 17.4. The minimum Gasteiger partial charge on any atom is -0.387 e. The highest BCUT2D eigenvalue weighted by Crippen LogP contribution is 2.20. The Balaban J connectivity index is 2.04. The van der Waals surface area contributed by atoms with Crippen LogP contribution in [0.2, 0.25) is 0 Å². The highest BCUT2D eigenvalue weighted by Gasteiger charge is 2.42. The molecule has 0 amide bonds. The molecular formula is C14H28O6. The molecule has 1 aliphatic rings. The van der Waals surface area contributed by atoms with Crippen LogP contribution in [0.1, 0.15) is 46.8 Å². The van der Waals surface area contributed by atoms with E-state index in [-0.39, 0.29) is 6.61 Å². The van der Waals surface area contributed by atoms with Gasteiger partial charge in [0.25, 0.3) is 0 Å². The molecule has 6 nitrogen and oxygen atoms in total. The van der Waals surface area contributed by atoms with Crippen LogP contribution in [0, 0.1) is 0 Å². The minimum absolute atomic E-state index is 0.0703. The van der Waals surface area contributed by atoms with Gasteiger partial charge in [0.1, 0.15) is 24.4 Å². The second-order valence-corrected chi connectivity index (χ2v) is 5.23. The fourth-order valence-corrected chi connectivity index (χ4v) is 2.18. The second kappa shape index (κ2) is 9.65. The van der Waals surface area contributed by atoms with Crippen molar-refractivity contribution in [3.8, 4) is 0 Å². The zero-order valence-corrected chi connectivity index (χ0v) is 11.9. The summed E-state index contributed by atoms with van der Waals surface area (Å²) in [5, 5.41) is 37.9. The van der Waals surface area contributed by atoms with E-state index in [1.807, 2.05) is 0 Å². The van der Waals surface area contributed by atoms with Crippen LogP contribution in [0.3, 0.4) is 0 Å². The van der Waals surface area contributed by atoms with Crippen molar-refractivity contribution >= 4 is 0 Å². The molecule has 6 heteroatoms. The van der Waals surface area contributed by atoms with Crippen molar-refractivity contribution in [2.24, 2.45) is 0 Å². The van der Waals surface area contributed by atoms with E-state index >= 15 is 0 Å². The highest BCUT2D eigenvalue weighted by atomic mass is 16.6. The van der Waals surface area contributed by atoms with Gasteiger partial charge in [-0.1, -0.05) is 39.0 Å². The second-order valence-electron chi connectivity index (χ2n) is 5.23. The molecule has 1 unspecified atom stereocenters. The molecule has 0 radical (unpaired) electrons. The monoisotopic (exact) mass is 293 g/mol. The average molecular weight is 293 g/mol. The zero-order chi connectivity index (χ0) is 15.7. The summed E-state index contributed by atoms with van der Waals surface area (Å²) >= 11 is 0. The fourth-order valence-electron chi connectivity index (χ4n) is 2.18. The molecular weight excluding hydrogens is 264 g/mol. The summed E-state index contributed by atoms with van der Waals surface area (Å²) in [7, 11) is 0. The molecule has 1 saturated heterocycles. The molecule has 1 rings (SSSR count). The lowest BCUT2D eigenvalue weighted by atomic mass is 9.99. The van der Waals surface area contributed by atoms with Gasteiger partial charge in [0.2, 0.25) is 0 Å². The third-order valence-corrected chi connectivity index (χ3v) is 3.51. The maximum absolute atomic E-state index is 9.71. The van der Waals surface area contributed by atoms with Crippen LogP contribution in [-0.2, 0) is 9.47 Å². The van der Waals surface area contributed by atoms with E-state index in [1.165, 1.54) is 0 Å². The predicted molar refractivity (Wildman–Crippen MR) is 73.1 cm³/mol. The first-order valence-electron chi connectivity index (χ1n) is 8.03. The van der Waals surface area contributed by atoms with Crippen LogP contribution < -0.4 is 0 Å². The van der Waals surface area contributed by atoms with Gasteiger partial charge in [-0.15, -0.1) is 0 Å². The van der Waals surface area contributed by atoms with E-state index in [2.05, 4.69) is 0 Å². The van der Waals surface area contributed by atoms with E-state index in [0.29, 0.717) is 13.5 Å². The Hall–Kier alpha value is -0.240. The zero-order valence-electron chi connectivity index (χ0n) is 12.9. The summed E-state index contributed by atoms with van der Waals surface area (Å²) in [6, 6.07) is 0. The quantitative estimate of drug-likeness (QED) is 0.452. The van der Waals surface area contributed by atoms with Gasteiger partial charge in [0.05, 0.1) is 6.61 Å². The van der Waals surface area contributed by atoms with Crippen molar-refractivity contribution < 1.29 is 31.3 Å². The van der Waals surface area contributed by atoms with Gasteiger partial charge >= 0.3 is 0 Å². The Morgan fingerprint density at radius 2 is 1.65 bits per heavy atom. The first-order valence-corrected chi connectivity index (χ1v) is 7.32. The summed E-state index contributed by atoms with van der Waals surface area (Å²) in [6.07, 6.45) is -0.269. The van der Waals surface area contributed by atoms with Crippen molar-refractivity contribution in [2.45, 2.75) is 76.1 Å². The summed E-state index contributed by atoms with van der Waals surface area (Å²) in [4.78, 5) is 0. The van der Waals surface area contributed by atoms with Crippen molar-refractivity contribution in [1.29, 1.82) is 0 Å². The number of aliphatic hydroxyl groups excluding tert-OH is 4. The summed E-state index contributed by atoms with van der Waals surface area (Å²) in [5.74, 6) is 0. The molecule has 5 atom stereocenters. The normalized spacial score (nSPS) is 35.0. The van der Waals surface area contributed by atoms with Gasteiger partial charge in [-0.3, -0.25) is 0 Å². The Kier molecular flexibility index (Phi) is 7.79. The highest BCUT2D eigenvalue weighted by molar-refractivity contribution is 4.88. The molecule has 0 bridgehead atoms. The molecule has 0 aromatic rings. The molecule has 0 aromatic heterocycles. The number of rotatable bonds is 9. The largest absolute Gasteiger partial charge is 0.387 e. The van der Waals surface area contributed by atoms with Gasteiger partial charge in [-0.05, 0) is 6.42 Å². The Bertz CT molecular complexity index is 268. The van der Waals surface area contributed by atoms with Crippen LogP contribution in [0.4, 0.5) is 0 Å². The molecule has 20 heavy (non-hydrogen) atoms. The first-order chi connectivity index (χ1) is 10.1. The third-order valence-electron chi connectivity index (χ3n) is 3.51. The smallest absolute Gasteiger partial charge is 0.184 e. The SMILES string of the molecule is [2H]CCCCCCCCOC[C@H]1OC(O)[C@H](O)[C@@H](O)[C@H]1O. The molecule has 1 fully saturated rings. The number of aliphatic hydroxyl groups is 4. The molecule has 0 aromatic carbocycles. The van der Waals surface area contributed by atoms with Crippen molar-refractivity contribution in [3.05, 3.63) is 0 Å². The van der Waals surface area contributed by atoms with E-state index in [1.54, 1.807) is 0 Å². The summed E-state index contributed by atoms with van der Waals surface area (Å²) in [6.45, 7) is 1.10. The van der Waals surface area contributed by atoms with E-state index in [0.717, 1.165) is 38.5 Å². The lowest BCUT2D eigenvalue weighted by Crippen LogP contribution is -2.58. The number of unbranched alkanes of at least 4 members (excludes halogenated alkanes) is 5. The predicted octanol–water partition coefficient (Wildman–Crippen LogP) is 0.163.